The number of piperazine rings is 1. The Labute approximate surface area is 247 Å². The number of carbonyl (C=O) groups excluding carboxylic acids is 1. The molecule has 1 amide bonds. The van der Waals surface area contributed by atoms with Crippen LogP contribution < -0.4 is 15.4 Å². The number of rotatable bonds is 5. The van der Waals surface area contributed by atoms with Gasteiger partial charge in [0, 0.05) is 60.8 Å². The molecule has 0 bridgehead atoms. The molecule has 1 saturated heterocycles. The number of nitrogens with zero attached hydrogens (tertiary/aromatic N) is 5. The zero-order chi connectivity index (χ0) is 30.9. The number of pyridine rings is 1. The van der Waals surface area contributed by atoms with Crippen molar-refractivity contribution in [1.82, 2.24) is 19.7 Å². The van der Waals surface area contributed by atoms with Crippen molar-refractivity contribution in [3.05, 3.63) is 72.6 Å². The van der Waals surface area contributed by atoms with Gasteiger partial charge in [0.1, 0.15) is 17.2 Å². The summed E-state index contributed by atoms with van der Waals surface area (Å²) in [6, 6.07) is 14.2. The minimum Gasteiger partial charge on any atom is -0.496 e. The zero-order valence-corrected chi connectivity index (χ0v) is 24.4. The summed E-state index contributed by atoms with van der Waals surface area (Å²) in [5.74, 6) is 0.819. The number of amides is 1. The van der Waals surface area contributed by atoms with Crippen LogP contribution in [0.15, 0.2) is 67.0 Å². The van der Waals surface area contributed by atoms with E-state index in [0.717, 1.165) is 23.4 Å². The molecule has 1 aliphatic rings. The average Bonchev–Trinajstić information content (AvgIpc) is 3.46. The topological polar surface area (TPSA) is 98.7 Å². The van der Waals surface area contributed by atoms with Crippen LogP contribution >= 0.6 is 0 Å². The molecule has 4 aromatic rings. The largest absolute Gasteiger partial charge is 0.496 e. The van der Waals surface area contributed by atoms with Gasteiger partial charge in [-0.15, -0.1) is 0 Å². The number of nitrogen functional groups attached to an aromatic ring is 1. The van der Waals surface area contributed by atoms with Crippen molar-refractivity contribution in [1.29, 1.82) is 0 Å². The molecule has 1 fully saturated rings. The van der Waals surface area contributed by atoms with Crippen LogP contribution in [0.3, 0.4) is 0 Å². The Kier molecular flexibility index (Phi) is 7.96. The fourth-order valence-electron chi connectivity index (χ4n) is 5.00. The number of carbonyl (C=O) groups is 1. The zero-order valence-electron chi connectivity index (χ0n) is 24.4. The third-order valence-corrected chi connectivity index (χ3v) is 7.03. The van der Waals surface area contributed by atoms with Crippen molar-refractivity contribution in [3.8, 4) is 33.8 Å². The number of halogens is 3. The van der Waals surface area contributed by atoms with Gasteiger partial charge in [-0.2, -0.15) is 18.3 Å². The molecule has 3 heterocycles. The summed E-state index contributed by atoms with van der Waals surface area (Å²) in [4.78, 5) is 20.6. The predicted molar refractivity (Wildman–Crippen MR) is 158 cm³/mol. The number of aromatic nitrogens is 3. The molecule has 0 saturated carbocycles. The Morgan fingerprint density at radius 3 is 2.33 bits per heavy atom. The van der Waals surface area contributed by atoms with Crippen molar-refractivity contribution in [2.75, 3.05) is 43.9 Å². The summed E-state index contributed by atoms with van der Waals surface area (Å²) in [5.41, 5.74) is 8.47. The first-order chi connectivity index (χ1) is 20.3. The molecule has 0 radical (unpaired) electrons. The van der Waals surface area contributed by atoms with E-state index in [1.807, 2.05) is 39.0 Å². The Morgan fingerprint density at radius 2 is 1.65 bits per heavy atom. The van der Waals surface area contributed by atoms with Gasteiger partial charge in [0.25, 0.3) is 0 Å². The summed E-state index contributed by atoms with van der Waals surface area (Å²) in [7, 11) is 1.57. The molecule has 1 aliphatic heterocycles. The fourth-order valence-corrected chi connectivity index (χ4v) is 5.00. The molecule has 0 atom stereocenters. The molecule has 2 N–H and O–H groups in total. The van der Waals surface area contributed by atoms with E-state index in [1.165, 1.54) is 16.9 Å². The van der Waals surface area contributed by atoms with E-state index in [9.17, 15) is 18.0 Å². The number of methoxy groups -OCH3 is 1. The first kappa shape index (κ1) is 29.7. The second-order valence-corrected chi connectivity index (χ2v) is 11.2. The van der Waals surface area contributed by atoms with Gasteiger partial charge in [-0.05, 0) is 63.2 Å². The van der Waals surface area contributed by atoms with Crippen LogP contribution in [0.2, 0.25) is 0 Å². The Hall–Kier alpha value is -4.74. The van der Waals surface area contributed by atoms with Crippen LogP contribution in [0.1, 0.15) is 26.3 Å². The maximum absolute atomic E-state index is 13.4. The molecular weight excluding hydrogens is 561 g/mol. The fraction of sp³-hybridized carbons (Fsp3) is 0.323. The molecule has 12 heteroatoms. The van der Waals surface area contributed by atoms with Crippen molar-refractivity contribution < 1.29 is 27.4 Å². The normalized spacial score (nSPS) is 14.1. The highest BCUT2D eigenvalue weighted by Crippen LogP contribution is 2.40. The lowest BCUT2D eigenvalue weighted by Gasteiger charge is -2.37. The number of hydrogen-bond acceptors (Lipinski definition) is 7. The first-order valence-electron chi connectivity index (χ1n) is 13.7. The number of alkyl halides is 3. The summed E-state index contributed by atoms with van der Waals surface area (Å²) < 4.78 is 53.1. The predicted octanol–water partition coefficient (Wildman–Crippen LogP) is 6.27. The monoisotopic (exact) mass is 594 g/mol. The average molecular weight is 595 g/mol. The number of ether oxygens (including phenoxy) is 2. The molecule has 2 aromatic carbocycles. The molecule has 43 heavy (non-hydrogen) atoms. The molecule has 0 spiro atoms. The summed E-state index contributed by atoms with van der Waals surface area (Å²) >= 11 is 0. The van der Waals surface area contributed by atoms with E-state index in [2.05, 4.69) is 15.0 Å². The maximum Gasteiger partial charge on any atom is 0.416 e. The summed E-state index contributed by atoms with van der Waals surface area (Å²) in [6.07, 6.45) is -1.68. The highest BCUT2D eigenvalue weighted by molar-refractivity contribution is 5.87. The molecule has 0 unspecified atom stereocenters. The van der Waals surface area contributed by atoms with Crippen molar-refractivity contribution in [3.63, 3.8) is 0 Å². The van der Waals surface area contributed by atoms with Crippen molar-refractivity contribution in [2.24, 2.45) is 0 Å². The minimum atomic E-state index is -4.49. The Balaban J connectivity index is 1.46. The van der Waals surface area contributed by atoms with Gasteiger partial charge < -0.3 is 25.0 Å². The standard InChI is InChI=1S/C31H33F3N6O3/c1-30(2,3)43-29(41)39-14-12-38(13-15-39)21-8-9-23(27(17-21)42-4)25-19-36-28(35)18-24(25)26-10-11-37-40(26)22-7-5-6-20(16-22)31(32,33)34/h5-11,16-19H,12-15H2,1-4H3,(H2,35,36). The van der Waals surface area contributed by atoms with Gasteiger partial charge in [-0.1, -0.05) is 6.07 Å². The van der Waals surface area contributed by atoms with Gasteiger partial charge in [-0.25, -0.2) is 14.5 Å². The van der Waals surface area contributed by atoms with Gasteiger partial charge in [0.15, 0.2) is 0 Å². The van der Waals surface area contributed by atoms with E-state index in [1.54, 1.807) is 36.4 Å². The number of nitrogens with two attached hydrogens (primary N) is 1. The van der Waals surface area contributed by atoms with Crippen LogP contribution in [0.25, 0.3) is 28.1 Å². The number of anilines is 2. The second-order valence-electron chi connectivity index (χ2n) is 11.2. The molecule has 2 aromatic heterocycles. The maximum atomic E-state index is 13.4. The van der Waals surface area contributed by atoms with E-state index in [0.29, 0.717) is 48.7 Å². The number of hydrogen-bond donors (Lipinski definition) is 1. The summed E-state index contributed by atoms with van der Waals surface area (Å²) in [5, 5.41) is 4.32. The Morgan fingerprint density at radius 1 is 0.907 bits per heavy atom. The highest BCUT2D eigenvalue weighted by atomic mass is 19.4. The van der Waals surface area contributed by atoms with Crippen LogP contribution in [0.4, 0.5) is 29.5 Å². The van der Waals surface area contributed by atoms with E-state index >= 15 is 0 Å². The smallest absolute Gasteiger partial charge is 0.416 e. The lowest BCUT2D eigenvalue weighted by molar-refractivity contribution is -0.137. The van der Waals surface area contributed by atoms with Gasteiger partial charge in [-0.3, -0.25) is 0 Å². The molecule has 226 valence electrons. The highest BCUT2D eigenvalue weighted by Gasteiger charge is 2.31. The van der Waals surface area contributed by atoms with E-state index in [-0.39, 0.29) is 17.6 Å². The van der Waals surface area contributed by atoms with Crippen LogP contribution in [0.5, 0.6) is 5.75 Å². The lowest BCUT2D eigenvalue weighted by Crippen LogP contribution is -2.50. The Bertz CT molecular complexity index is 1620. The lowest BCUT2D eigenvalue weighted by atomic mass is 9.98. The van der Waals surface area contributed by atoms with Crippen molar-refractivity contribution >= 4 is 17.6 Å². The third-order valence-electron chi connectivity index (χ3n) is 7.03. The van der Waals surface area contributed by atoms with Crippen molar-refractivity contribution in [2.45, 2.75) is 32.5 Å². The second kappa shape index (κ2) is 11.5. The number of benzene rings is 2. The quantitative estimate of drug-likeness (QED) is 0.291. The molecular formula is C31H33F3N6O3. The third kappa shape index (κ3) is 6.52. The van der Waals surface area contributed by atoms with E-state index in [4.69, 9.17) is 15.2 Å². The SMILES string of the molecule is COc1cc(N2CCN(C(=O)OC(C)(C)C)CC2)ccc1-c1cnc(N)cc1-c1ccnn1-c1cccc(C(F)(F)F)c1. The van der Waals surface area contributed by atoms with E-state index < -0.39 is 17.3 Å². The van der Waals surface area contributed by atoms with Gasteiger partial charge >= 0.3 is 12.3 Å². The molecule has 0 aliphatic carbocycles. The van der Waals surface area contributed by atoms with Crippen LogP contribution in [-0.4, -0.2) is 64.6 Å². The molecule has 5 rings (SSSR count). The van der Waals surface area contributed by atoms with Gasteiger partial charge in [0.05, 0.1) is 30.3 Å². The first-order valence-corrected chi connectivity index (χ1v) is 13.7. The van der Waals surface area contributed by atoms with Crippen LogP contribution in [-0.2, 0) is 10.9 Å². The minimum absolute atomic E-state index is 0.244. The van der Waals surface area contributed by atoms with Gasteiger partial charge in [0.2, 0.25) is 0 Å². The summed E-state index contributed by atoms with van der Waals surface area (Å²) in [6.45, 7) is 7.80. The van der Waals surface area contributed by atoms with Crippen LogP contribution in [0, 0.1) is 0 Å². The molecule has 9 nitrogen and oxygen atoms in total.